The van der Waals surface area contributed by atoms with Crippen molar-refractivity contribution in [2.75, 3.05) is 13.2 Å². The SMILES string of the molecule is CC=C(C)C(=O)OCCOC(N)=O. The number of ether oxygens (including phenoxy) is 2. The zero-order chi connectivity index (χ0) is 10.3. The number of esters is 1. The standard InChI is InChI=1S/C8H13NO4/c1-3-6(2)7(10)12-4-5-13-8(9)11/h3H,4-5H2,1-2H3,(H2,9,11). The van der Waals surface area contributed by atoms with Gasteiger partial charge in [0, 0.05) is 5.57 Å². The van der Waals surface area contributed by atoms with Crippen LogP contribution in [0.1, 0.15) is 13.8 Å². The van der Waals surface area contributed by atoms with Gasteiger partial charge in [-0.2, -0.15) is 0 Å². The molecule has 0 aromatic rings. The minimum Gasteiger partial charge on any atom is -0.459 e. The van der Waals surface area contributed by atoms with Gasteiger partial charge in [-0.05, 0) is 13.8 Å². The lowest BCUT2D eigenvalue weighted by Gasteiger charge is -2.03. The molecule has 0 aromatic heterocycles. The lowest BCUT2D eigenvalue weighted by atomic mass is 10.3. The van der Waals surface area contributed by atoms with Crippen LogP contribution in [-0.4, -0.2) is 25.3 Å². The van der Waals surface area contributed by atoms with E-state index in [9.17, 15) is 9.59 Å². The van der Waals surface area contributed by atoms with Crippen LogP contribution in [0.4, 0.5) is 4.79 Å². The molecule has 0 aliphatic carbocycles. The summed E-state index contributed by atoms with van der Waals surface area (Å²) in [5.74, 6) is -0.421. The minimum absolute atomic E-state index is 0.0158. The second-order valence-corrected chi connectivity index (χ2v) is 2.28. The van der Waals surface area contributed by atoms with Gasteiger partial charge in [-0.3, -0.25) is 0 Å². The summed E-state index contributed by atoms with van der Waals surface area (Å²) in [5.41, 5.74) is 5.20. The van der Waals surface area contributed by atoms with Crippen LogP contribution in [0.5, 0.6) is 0 Å². The summed E-state index contributed by atoms with van der Waals surface area (Å²) in [7, 11) is 0. The van der Waals surface area contributed by atoms with E-state index >= 15 is 0 Å². The first-order valence-corrected chi connectivity index (χ1v) is 3.80. The predicted molar refractivity (Wildman–Crippen MR) is 45.9 cm³/mol. The van der Waals surface area contributed by atoms with E-state index in [0.717, 1.165) is 0 Å². The molecular weight excluding hydrogens is 174 g/mol. The molecular formula is C8H13NO4. The highest BCUT2D eigenvalue weighted by Crippen LogP contribution is 1.95. The first-order valence-electron chi connectivity index (χ1n) is 3.80. The lowest BCUT2D eigenvalue weighted by Crippen LogP contribution is -2.18. The monoisotopic (exact) mass is 187 g/mol. The average molecular weight is 187 g/mol. The Balaban J connectivity index is 3.54. The molecule has 0 bridgehead atoms. The van der Waals surface area contributed by atoms with Crippen molar-refractivity contribution in [3.8, 4) is 0 Å². The van der Waals surface area contributed by atoms with E-state index in [1.807, 2.05) is 0 Å². The second-order valence-electron chi connectivity index (χ2n) is 2.28. The predicted octanol–water partition coefficient (Wildman–Crippen LogP) is 0.591. The van der Waals surface area contributed by atoms with E-state index in [4.69, 9.17) is 4.74 Å². The maximum absolute atomic E-state index is 11.0. The number of hydrogen-bond acceptors (Lipinski definition) is 4. The van der Waals surface area contributed by atoms with Gasteiger partial charge in [0.1, 0.15) is 13.2 Å². The van der Waals surface area contributed by atoms with E-state index in [0.29, 0.717) is 5.57 Å². The second kappa shape index (κ2) is 6.05. The van der Waals surface area contributed by atoms with Crippen molar-refractivity contribution in [1.82, 2.24) is 0 Å². The zero-order valence-corrected chi connectivity index (χ0v) is 7.70. The van der Waals surface area contributed by atoms with Crippen molar-refractivity contribution in [3.05, 3.63) is 11.6 Å². The van der Waals surface area contributed by atoms with Crippen LogP contribution in [0.15, 0.2) is 11.6 Å². The highest BCUT2D eigenvalue weighted by molar-refractivity contribution is 5.87. The molecule has 0 saturated heterocycles. The number of amides is 1. The smallest absolute Gasteiger partial charge is 0.404 e. The maximum Gasteiger partial charge on any atom is 0.404 e. The molecule has 0 rings (SSSR count). The summed E-state index contributed by atoms with van der Waals surface area (Å²) in [6.45, 7) is 3.37. The van der Waals surface area contributed by atoms with Crippen molar-refractivity contribution in [2.45, 2.75) is 13.8 Å². The van der Waals surface area contributed by atoms with Gasteiger partial charge < -0.3 is 15.2 Å². The Morgan fingerprint density at radius 1 is 1.31 bits per heavy atom. The van der Waals surface area contributed by atoms with E-state index < -0.39 is 12.1 Å². The third-order valence-electron chi connectivity index (χ3n) is 1.32. The molecule has 0 saturated carbocycles. The van der Waals surface area contributed by atoms with Gasteiger partial charge in [-0.1, -0.05) is 6.08 Å². The fourth-order valence-electron chi connectivity index (χ4n) is 0.508. The first-order chi connectivity index (χ1) is 6.07. The molecule has 0 aromatic carbocycles. The average Bonchev–Trinajstić information content (AvgIpc) is 2.10. The van der Waals surface area contributed by atoms with Crippen molar-refractivity contribution < 1.29 is 19.1 Å². The van der Waals surface area contributed by atoms with Gasteiger partial charge in [-0.25, -0.2) is 9.59 Å². The lowest BCUT2D eigenvalue weighted by molar-refractivity contribution is -0.139. The number of nitrogens with two attached hydrogens (primary N) is 1. The molecule has 13 heavy (non-hydrogen) atoms. The van der Waals surface area contributed by atoms with E-state index in [1.54, 1.807) is 19.9 Å². The van der Waals surface area contributed by atoms with E-state index in [-0.39, 0.29) is 13.2 Å². The largest absolute Gasteiger partial charge is 0.459 e. The van der Waals surface area contributed by atoms with Crippen LogP contribution < -0.4 is 5.73 Å². The topological polar surface area (TPSA) is 78.6 Å². The first kappa shape index (κ1) is 11.5. The molecule has 74 valence electrons. The van der Waals surface area contributed by atoms with Crippen LogP contribution in [0.25, 0.3) is 0 Å². The molecule has 0 aliphatic heterocycles. The molecule has 0 heterocycles. The molecule has 0 unspecified atom stereocenters. The summed E-state index contributed by atoms with van der Waals surface area (Å²) in [5, 5.41) is 0. The van der Waals surface area contributed by atoms with Gasteiger partial charge in [0.25, 0.3) is 0 Å². The van der Waals surface area contributed by atoms with Crippen molar-refractivity contribution in [1.29, 1.82) is 0 Å². The maximum atomic E-state index is 11.0. The summed E-state index contributed by atoms with van der Waals surface area (Å²) in [6, 6.07) is 0. The summed E-state index contributed by atoms with van der Waals surface area (Å²) < 4.78 is 9.05. The highest BCUT2D eigenvalue weighted by Gasteiger charge is 2.03. The van der Waals surface area contributed by atoms with Gasteiger partial charge in [0.2, 0.25) is 0 Å². The number of hydrogen-bond donors (Lipinski definition) is 1. The number of carbonyl (C=O) groups is 2. The fraction of sp³-hybridized carbons (Fsp3) is 0.500. The molecule has 0 atom stereocenters. The third kappa shape index (κ3) is 5.72. The van der Waals surface area contributed by atoms with Crippen LogP contribution in [0, 0.1) is 0 Å². The number of allylic oxidation sites excluding steroid dienone is 1. The Kier molecular flexibility index (Phi) is 5.34. The Hall–Kier alpha value is -1.52. The quantitative estimate of drug-likeness (QED) is 0.397. The van der Waals surface area contributed by atoms with Gasteiger partial charge in [0.15, 0.2) is 0 Å². The van der Waals surface area contributed by atoms with Crippen LogP contribution in [0.3, 0.4) is 0 Å². The Labute approximate surface area is 76.5 Å². The molecule has 0 spiro atoms. The van der Waals surface area contributed by atoms with Crippen LogP contribution >= 0.6 is 0 Å². The highest BCUT2D eigenvalue weighted by atomic mass is 16.6. The molecule has 0 aliphatic rings. The normalized spacial score (nSPS) is 10.8. The summed E-state index contributed by atoms with van der Waals surface area (Å²) in [6.07, 6.45) is 0.760. The Morgan fingerprint density at radius 3 is 2.31 bits per heavy atom. The number of carbonyl (C=O) groups excluding carboxylic acids is 2. The minimum atomic E-state index is -0.876. The Bertz CT molecular complexity index is 222. The number of primary amides is 1. The van der Waals surface area contributed by atoms with Crippen LogP contribution in [-0.2, 0) is 14.3 Å². The molecule has 5 heteroatoms. The summed E-state index contributed by atoms with van der Waals surface area (Å²) >= 11 is 0. The van der Waals surface area contributed by atoms with Crippen molar-refractivity contribution in [2.24, 2.45) is 5.73 Å². The fourth-order valence-corrected chi connectivity index (χ4v) is 0.508. The molecule has 2 N–H and O–H groups in total. The van der Waals surface area contributed by atoms with Crippen LogP contribution in [0.2, 0.25) is 0 Å². The van der Waals surface area contributed by atoms with Gasteiger partial charge >= 0.3 is 12.1 Å². The van der Waals surface area contributed by atoms with E-state index in [1.165, 1.54) is 0 Å². The molecule has 0 fully saturated rings. The van der Waals surface area contributed by atoms with E-state index in [2.05, 4.69) is 10.5 Å². The Morgan fingerprint density at radius 2 is 1.85 bits per heavy atom. The zero-order valence-electron chi connectivity index (χ0n) is 7.70. The number of rotatable bonds is 4. The molecule has 5 nitrogen and oxygen atoms in total. The third-order valence-corrected chi connectivity index (χ3v) is 1.32. The van der Waals surface area contributed by atoms with Gasteiger partial charge in [0.05, 0.1) is 0 Å². The molecule has 0 radical (unpaired) electrons. The van der Waals surface area contributed by atoms with Crippen molar-refractivity contribution >= 4 is 12.1 Å². The molecule has 1 amide bonds. The van der Waals surface area contributed by atoms with Gasteiger partial charge in [-0.15, -0.1) is 0 Å². The van der Waals surface area contributed by atoms with Crippen molar-refractivity contribution in [3.63, 3.8) is 0 Å². The summed E-state index contributed by atoms with van der Waals surface area (Å²) in [4.78, 5) is 21.0.